The number of hydrogen-bond acceptors (Lipinski definition) is 6. The topological polar surface area (TPSA) is 62.2 Å². The molecule has 1 fully saturated rings. The van der Waals surface area contributed by atoms with Crippen LogP contribution in [0.5, 0.6) is 0 Å². The highest BCUT2D eigenvalue weighted by Gasteiger charge is 2.23. The van der Waals surface area contributed by atoms with Crippen molar-refractivity contribution in [3.8, 4) is 0 Å². The van der Waals surface area contributed by atoms with E-state index >= 15 is 0 Å². The molecule has 2 aromatic heterocycles. The molecule has 0 spiro atoms. The van der Waals surface area contributed by atoms with E-state index in [-0.39, 0.29) is 5.78 Å². The quantitative estimate of drug-likeness (QED) is 0.640. The lowest BCUT2D eigenvalue weighted by Gasteiger charge is -2.38. The van der Waals surface area contributed by atoms with Gasteiger partial charge in [0.1, 0.15) is 5.78 Å². The summed E-state index contributed by atoms with van der Waals surface area (Å²) in [5.74, 6) is 0.854. The van der Waals surface area contributed by atoms with Crippen molar-refractivity contribution in [2.75, 3.05) is 31.1 Å². The van der Waals surface area contributed by atoms with Crippen LogP contribution in [0, 0.1) is 0 Å². The molecule has 29 heavy (non-hydrogen) atoms. The molecule has 0 aliphatic carbocycles. The van der Waals surface area contributed by atoms with Gasteiger partial charge in [0.15, 0.2) is 0 Å². The van der Waals surface area contributed by atoms with Crippen LogP contribution in [0.3, 0.4) is 0 Å². The zero-order chi connectivity index (χ0) is 20.4. The van der Waals surface area contributed by atoms with Crippen LogP contribution in [0.25, 0.3) is 10.9 Å². The minimum atomic E-state index is 0.121. The molecule has 4 rings (SSSR count). The number of benzene rings is 1. The van der Waals surface area contributed by atoms with Crippen molar-refractivity contribution in [2.45, 2.75) is 26.3 Å². The molecule has 0 saturated carbocycles. The van der Waals surface area contributed by atoms with E-state index in [2.05, 4.69) is 49.9 Å². The van der Waals surface area contributed by atoms with Gasteiger partial charge < -0.3 is 4.90 Å². The van der Waals surface area contributed by atoms with Crippen molar-refractivity contribution in [3.63, 3.8) is 0 Å². The van der Waals surface area contributed by atoms with Crippen LogP contribution in [0.4, 0.5) is 5.95 Å². The van der Waals surface area contributed by atoms with E-state index in [0.717, 1.165) is 48.6 Å². The Morgan fingerprint density at radius 2 is 1.79 bits per heavy atom. The van der Waals surface area contributed by atoms with Crippen molar-refractivity contribution < 1.29 is 4.79 Å². The molecule has 1 aliphatic heterocycles. The maximum Gasteiger partial charge on any atom is 0.225 e. The fraction of sp³-hybridized carbons (Fsp3) is 0.364. The van der Waals surface area contributed by atoms with Crippen LogP contribution >= 0.6 is 11.6 Å². The molecule has 0 bridgehead atoms. The highest BCUT2D eigenvalue weighted by molar-refractivity contribution is 6.31. The van der Waals surface area contributed by atoms with Crippen molar-refractivity contribution in [3.05, 3.63) is 59.0 Å². The van der Waals surface area contributed by atoms with E-state index in [0.29, 0.717) is 17.5 Å². The van der Waals surface area contributed by atoms with Gasteiger partial charge in [-0.1, -0.05) is 23.7 Å². The highest BCUT2D eigenvalue weighted by Crippen LogP contribution is 2.26. The summed E-state index contributed by atoms with van der Waals surface area (Å²) >= 11 is 6.04. The van der Waals surface area contributed by atoms with Gasteiger partial charge in [-0.2, -0.15) is 0 Å². The number of aromatic nitrogens is 3. The van der Waals surface area contributed by atoms with E-state index in [9.17, 15) is 4.79 Å². The molecular formula is C22H24ClN5O. The van der Waals surface area contributed by atoms with Gasteiger partial charge in [0.25, 0.3) is 0 Å². The number of carbonyl (C=O) groups is 1. The number of ketones is 1. The summed E-state index contributed by atoms with van der Waals surface area (Å²) in [6.45, 7) is 7.43. The van der Waals surface area contributed by atoms with Gasteiger partial charge in [0, 0.05) is 62.6 Å². The first-order valence-corrected chi connectivity index (χ1v) is 10.2. The van der Waals surface area contributed by atoms with Crippen LogP contribution < -0.4 is 4.90 Å². The molecular weight excluding hydrogens is 386 g/mol. The molecule has 1 aromatic carbocycles. The van der Waals surface area contributed by atoms with Crippen molar-refractivity contribution in [1.82, 2.24) is 19.9 Å². The van der Waals surface area contributed by atoms with E-state index < -0.39 is 0 Å². The maximum atomic E-state index is 11.2. The Kier molecular flexibility index (Phi) is 5.74. The first-order valence-electron chi connectivity index (χ1n) is 9.84. The Morgan fingerprint density at radius 3 is 2.48 bits per heavy atom. The highest BCUT2D eigenvalue weighted by atomic mass is 35.5. The molecule has 6 nitrogen and oxygen atoms in total. The van der Waals surface area contributed by atoms with Crippen LogP contribution in [-0.2, 0) is 11.2 Å². The number of nitrogens with zero attached hydrogens (tertiary/aromatic N) is 5. The van der Waals surface area contributed by atoms with Crippen LogP contribution in [0.15, 0.2) is 42.9 Å². The first-order chi connectivity index (χ1) is 14.0. The lowest BCUT2D eigenvalue weighted by Crippen LogP contribution is -2.47. The number of pyridine rings is 1. The smallest absolute Gasteiger partial charge is 0.225 e. The van der Waals surface area contributed by atoms with E-state index in [1.807, 2.05) is 6.07 Å². The Hall–Kier alpha value is -2.57. The molecule has 150 valence electrons. The Morgan fingerprint density at radius 1 is 1.07 bits per heavy atom. The lowest BCUT2D eigenvalue weighted by atomic mass is 10.0. The predicted molar refractivity (Wildman–Crippen MR) is 115 cm³/mol. The predicted octanol–water partition coefficient (Wildman–Crippen LogP) is 3.69. The third kappa shape index (κ3) is 4.54. The standard InChI is InChI=1S/C22H24ClN5O/c1-15(29)9-17-12-25-22(26-13-17)28-7-5-27(6-8-28)16(2)18-3-4-19-10-20(23)14-24-21(19)11-18/h3-4,10-14,16H,5-9H2,1-2H3. The zero-order valence-corrected chi connectivity index (χ0v) is 17.4. The van der Waals surface area contributed by atoms with E-state index in [4.69, 9.17) is 11.6 Å². The Bertz CT molecular complexity index is 1020. The average Bonchev–Trinajstić information content (AvgIpc) is 2.73. The van der Waals surface area contributed by atoms with Gasteiger partial charge in [-0.3, -0.25) is 14.7 Å². The normalized spacial score (nSPS) is 16.2. The molecule has 0 amide bonds. The van der Waals surface area contributed by atoms with Gasteiger partial charge in [-0.15, -0.1) is 0 Å². The zero-order valence-electron chi connectivity index (χ0n) is 16.7. The molecule has 3 aromatic rings. The van der Waals surface area contributed by atoms with Crippen LogP contribution in [0.2, 0.25) is 5.02 Å². The number of anilines is 1. The number of rotatable bonds is 5. The fourth-order valence-corrected chi connectivity index (χ4v) is 3.95. The molecule has 0 N–H and O–H groups in total. The summed E-state index contributed by atoms with van der Waals surface area (Å²) in [6.07, 6.45) is 5.59. The molecule has 1 aliphatic rings. The van der Waals surface area contributed by atoms with E-state index in [1.165, 1.54) is 5.56 Å². The van der Waals surface area contributed by atoms with Gasteiger partial charge in [0.2, 0.25) is 5.95 Å². The summed E-state index contributed by atoms with van der Waals surface area (Å²) < 4.78 is 0. The van der Waals surface area contributed by atoms with Gasteiger partial charge >= 0.3 is 0 Å². The molecule has 1 saturated heterocycles. The Balaban J connectivity index is 1.40. The number of halogens is 1. The molecule has 1 atom stereocenters. The van der Waals surface area contributed by atoms with Gasteiger partial charge in [0.05, 0.1) is 10.5 Å². The number of carbonyl (C=O) groups excluding carboxylic acids is 1. The minimum absolute atomic E-state index is 0.121. The number of hydrogen-bond donors (Lipinski definition) is 0. The van der Waals surface area contributed by atoms with Gasteiger partial charge in [-0.25, -0.2) is 9.97 Å². The summed E-state index contributed by atoms with van der Waals surface area (Å²) in [4.78, 5) is 29.2. The second kappa shape index (κ2) is 8.43. The summed E-state index contributed by atoms with van der Waals surface area (Å²) in [7, 11) is 0. The molecule has 1 unspecified atom stereocenters. The van der Waals surface area contributed by atoms with E-state index in [1.54, 1.807) is 25.5 Å². The minimum Gasteiger partial charge on any atom is -0.338 e. The fourth-order valence-electron chi connectivity index (χ4n) is 3.78. The first kappa shape index (κ1) is 19.7. The van der Waals surface area contributed by atoms with Crippen molar-refractivity contribution in [1.29, 1.82) is 0 Å². The molecule has 7 heteroatoms. The van der Waals surface area contributed by atoms with Crippen molar-refractivity contribution >= 4 is 34.2 Å². The second-order valence-corrected chi connectivity index (χ2v) is 8.01. The Labute approximate surface area is 175 Å². The summed E-state index contributed by atoms with van der Waals surface area (Å²) in [6, 6.07) is 8.65. The molecule has 0 radical (unpaired) electrons. The summed E-state index contributed by atoms with van der Waals surface area (Å²) in [5.41, 5.74) is 3.08. The molecule has 3 heterocycles. The third-order valence-corrected chi connectivity index (χ3v) is 5.65. The number of Topliss-reactive ketones (excluding diaryl/α,β-unsaturated/α-hetero) is 1. The third-order valence-electron chi connectivity index (χ3n) is 5.45. The average molecular weight is 410 g/mol. The monoisotopic (exact) mass is 409 g/mol. The number of fused-ring (bicyclic) bond motifs is 1. The SMILES string of the molecule is CC(=O)Cc1cnc(N2CCN(C(C)c3ccc4cc(Cl)cnc4c3)CC2)nc1. The van der Waals surface area contributed by atoms with Crippen LogP contribution in [-0.4, -0.2) is 51.8 Å². The van der Waals surface area contributed by atoms with Gasteiger partial charge in [-0.05, 0) is 37.1 Å². The lowest BCUT2D eigenvalue weighted by molar-refractivity contribution is -0.116. The number of piperazine rings is 1. The maximum absolute atomic E-state index is 11.2. The van der Waals surface area contributed by atoms with Crippen LogP contribution in [0.1, 0.15) is 31.0 Å². The summed E-state index contributed by atoms with van der Waals surface area (Å²) in [5, 5.41) is 1.72. The largest absolute Gasteiger partial charge is 0.338 e. The second-order valence-electron chi connectivity index (χ2n) is 7.57. The van der Waals surface area contributed by atoms with Crippen molar-refractivity contribution in [2.24, 2.45) is 0 Å².